The minimum Gasteiger partial charge on any atom is -0.778 e. The Morgan fingerprint density at radius 3 is 2.44 bits per heavy atom. The van der Waals surface area contributed by atoms with Crippen molar-refractivity contribution in [3.63, 3.8) is 0 Å². The number of aromatic nitrogens is 4. The molecule has 3 rings (SSSR count). The average molecular weight is 511 g/mol. The van der Waals surface area contributed by atoms with Crippen molar-refractivity contribution in [1.29, 1.82) is 0 Å². The van der Waals surface area contributed by atoms with Crippen molar-refractivity contribution < 1.29 is 75.9 Å². The summed E-state index contributed by atoms with van der Waals surface area (Å²) in [5.74, 6) is -1.70. The minimum atomic E-state index is -5.45. The molecular formula is C11H17LiN5O12P3. The van der Waals surface area contributed by atoms with E-state index < -0.39 is 60.1 Å². The Morgan fingerprint density at radius 1 is 1.16 bits per heavy atom. The van der Waals surface area contributed by atoms with E-state index >= 15 is 0 Å². The Bertz CT molecular complexity index is 1110. The van der Waals surface area contributed by atoms with Crippen LogP contribution in [-0.2, 0) is 27.3 Å². The number of phosphoric acid groups is 1. The smallest absolute Gasteiger partial charge is 0.778 e. The van der Waals surface area contributed by atoms with Crippen LogP contribution in [0.5, 0.6) is 0 Å². The minimum absolute atomic E-state index is 0. The molecule has 0 aromatic carbocycles. The number of anilines is 1. The summed E-state index contributed by atoms with van der Waals surface area (Å²) in [4.78, 5) is 50.0. The second kappa shape index (κ2) is 9.87. The van der Waals surface area contributed by atoms with Crippen LogP contribution in [0.4, 0.5) is 5.82 Å². The zero-order chi connectivity index (χ0) is 23.2. The van der Waals surface area contributed by atoms with Crippen molar-refractivity contribution in [2.45, 2.75) is 24.5 Å². The number of hydrogen-bond acceptors (Lipinski definition) is 13. The quantitative estimate of drug-likeness (QED) is 0.143. The average Bonchev–Trinajstić information content (AvgIpc) is 3.13. The first-order valence-electron chi connectivity index (χ1n) is 8.17. The van der Waals surface area contributed by atoms with E-state index in [2.05, 4.69) is 23.8 Å². The molecule has 1 aliphatic heterocycles. The molecule has 1 fully saturated rings. The SMILES string of the molecule is Nc1ncnc2c1ncn2[C@@H]1O[C@H](COP(=O)([O-])CP(=O)(O)OP(=O)(O)O)[C@@H](O)[C@H]1O.[Li+]. The van der Waals surface area contributed by atoms with Gasteiger partial charge in [-0.1, -0.05) is 0 Å². The zero-order valence-electron chi connectivity index (χ0n) is 16.2. The molecule has 0 saturated carbocycles. The summed E-state index contributed by atoms with van der Waals surface area (Å²) >= 11 is 0. The fraction of sp³-hybridized carbons (Fsp3) is 0.545. The van der Waals surface area contributed by atoms with E-state index in [0.29, 0.717) is 0 Å². The van der Waals surface area contributed by atoms with Gasteiger partial charge >= 0.3 is 34.3 Å². The summed E-state index contributed by atoms with van der Waals surface area (Å²) in [7, 11) is -15.9. The molecule has 2 aromatic rings. The second-order valence-electron chi connectivity index (χ2n) is 6.39. The summed E-state index contributed by atoms with van der Waals surface area (Å²) in [5, 5.41) is 20.4. The fourth-order valence-electron chi connectivity index (χ4n) is 2.79. The van der Waals surface area contributed by atoms with Crippen molar-refractivity contribution in [3.05, 3.63) is 12.7 Å². The van der Waals surface area contributed by atoms with Crippen LogP contribution in [0.3, 0.4) is 0 Å². The summed E-state index contributed by atoms with van der Waals surface area (Å²) in [6, 6.07) is 0. The Balaban J connectivity index is 0.00000363. The van der Waals surface area contributed by atoms with Gasteiger partial charge in [0, 0.05) is 0 Å². The third kappa shape index (κ3) is 6.44. The molecule has 2 unspecified atom stereocenters. The summed E-state index contributed by atoms with van der Waals surface area (Å²) in [6.45, 7) is -0.894. The summed E-state index contributed by atoms with van der Waals surface area (Å²) in [5.41, 5.74) is 6.03. The molecule has 1 aliphatic rings. The van der Waals surface area contributed by atoms with Gasteiger partial charge in [0.15, 0.2) is 17.7 Å². The van der Waals surface area contributed by atoms with E-state index in [4.69, 9.17) is 20.3 Å². The predicted octanol–water partition coefficient (Wildman–Crippen LogP) is -5.15. The maximum atomic E-state index is 11.9. The van der Waals surface area contributed by atoms with Crippen LogP contribution >= 0.6 is 23.0 Å². The third-order valence-corrected chi connectivity index (χ3v) is 9.25. The molecule has 17 nitrogen and oxygen atoms in total. The number of nitrogens with zero attached hydrogens (tertiary/aromatic N) is 4. The Kier molecular flexibility index (Phi) is 8.49. The van der Waals surface area contributed by atoms with E-state index in [9.17, 15) is 33.7 Å². The number of fused-ring (bicyclic) bond motifs is 1. The Labute approximate surface area is 191 Å². The largest absolute Gasteiger partial charge is 1.00 e. The van der Waals surface area contributed by atoms with Gasteiger partial charge in [-0.15, -0.1) is 0 Å². The van der Waals surface area contributed by atoms with Crippen LogP contribution in [-0.4, -0.2) is 75.2 Å². The van der Waals surface area contributed by atoms with E-state index in [1.807, 2.05) is 0 Å². The van der Waals surface area contributed by atoms with Crippen LogP contribution in [0.2, 0.25) is 0 Å². The number of nitrogen functional groups attached to an aromatic ring is 1. The molecule has 0 spiro atoms. The van der Waals surface area contributed by atoms with E-state index in [1.165, 1.54) is 10.9 Å². The number of aliphatic hydroxyl groups is 2. The third-order valence-electron chi connectivity index (χ3n) is 4.02. The first-order chi connectivity index (χ1) is 14.2. The van der Waals surface area contributed by atoms with Crippen LogP contribution in [0.15, 0.2) is 12.7 Å². The maximum absolute atomic E-state index is 11.9. The van der Waals surface area contributed by atoms with E-state index in [0.717, 1.165) is 6.33 Å². The van der Waals surface area contributed by atoms with Crippen molar-refractivity contribution >= 4 is 40.0 Å². The molecule has 7 N–H and O–H groups in total. The van der Waals surface area contributed by atoms with Gasteiger partial charge in [0.1, 0.15) is 43.7 Å². The molecule has 1 saturated heterocycles. The molecule has 3 heterocycles. The predicted molar refractivity (Wildman–Crippen MR) is 97.0 cm³/mol. The molecule has 174 valence electrons. The topological polar surface area (TPSA) is 273 Å². The molecule has 0 bridgehead atoms. The zero-order valence-corrected chi connectivity index (χ0v) is 18.9. The Morgan fingerprint density at radius 2 is 1.81 bits per heavy atom. The number of imidazole rings is 1. The van der Waals surface area contributed by atoms with Crippen molar-refractivity contribution in [2.24, 2.45) is 0 Å². The number of nitrogens with two attached hydrogens (primary N) is 1. The van der Waals surface area contributed by atoms with Crippen LogP contribution < -0.4 is 29.5 Å². The molecular weight excluding hydrogens is 494 g/mol. The van der Waals surface area contributed by atoms with Gasteiger partial charge in [-0.05, 0) is 0 Å². The number of ether oxygens (including phenoxy) is 1. The van der Waals surface area contributed by atoms with E-state index in [-0.39, 0.29) is 35.8 Å². The first-order valence-corrected chi connectivity index (χ1v) is 13.2. The standard InChI is InChI=1S/C11H18N5O12P3.Li/c12-9-6-10(14-2-13-9)16(3-15-6)11-8(18)7(17)5(27-11)1-26-29(19,20)4-30(21,22)28-31(23,24)25;/h2-3,5,7-8,11,17-18H,1,4H2,(H,19,20)(H,21,22)(H2,12,13,14)(H2,23,24,25);/q;+1/p-1/t5-,7-,8-,11-;/m1./s1. The van der Waals surface area contributed by atoms with Gasteiger partial charge in [0.05, 0.1) is 12.9 Å². The van der Waals surface area contributed by atoms with Gasteiger partial charge in [-0.2, -0.15) is 0 Å². The van der Waals surface area contributed by atoms with Crippen molar-refractivity contribution in [2.75, 3.05) is 18.2 Å². The Hall–Kier alpha value is -0.723. The van der Waals surface area contributed by atoms with Gasteiger partial charge in [-0.3, -0.25) is 9.13 Å². The normalized spacial score (nSPS) is 27.6. The van der Waals surface area contributed by atoms with Gasteiger partial charge in [0.2, 0.25) is 0 Å². The van der Waals surface area contributed by atoms with Crippen LogP contribution in [0, 0.1) is 0 Å². The van der Waals surface area contributed by atoms with Gasteiger partial charge in [0.25, 0.3) is 0 Å². The molecule has 32 heavy (non-hydrogen) atoms. The number of aliphatic hydroxyl groups excluding tert-OH is 2. The summed E-state index contributed by atoms with van der Waals surface area (Å²) in [6.07, 6.45) is -3.56. The summed E-state index contributed by atoms with van der Waals surface area (Å²) < 4.78 is 48.8. The second-order valence-corrected chi connectivity index (χ2v) is 11.9. The number of rotatable bonds is 8. The van der Waals surface area contributed by atoms with Crippen molar-refractivity contribution in [3.8, 4) is 0 Å². The van der Waals surface area contributed by atoms with Crippen molar-refractivity contribution in [1.82, 2.24) is 19.5 Å². The number of hydrogen-bond donors (Lipinski definition) is 6. The molecule has 0 amide bonds. The van der Waals surface area contributed by atoms with E-state index in [1.54, 1.807) is 0 Å². The molecule has 21 heteroatoms. The molecule has 2 aromatic heterocycles. The first kappa shape index (κ1) is 27.5. The van der Waals surface area contributed by atoms with Crippen LogP contribution in [0.25, 0.3) is 11.2 Å². The maximum Gasteiger partial charge on any atom is 1.00 e. The molecule has 0 radical (unpaired) electrons. The molecule has 0 aliphatic carbocycles. The van der Waals surface area contributed by atoms with Gasteiger partial charge < -0.3 is 49.3 Å². The van der Waals surface area contributed by atoms with Crippen LogP contribution in [0.1, 0.15) is 6.23 Å². The monoisotopic (exact) mass is 511 g/mol. The molecule has 6 atom stereocenters. The fourth-order valence-corrected chi connectivity index (χ4v) is 7.24. The van der Waals surface area contributed by atoms with Gasteiger partial charge in [-0.25, -0.2) is 23.8 Å².